The SMILES string of the molecule is CC1(C2CCOC2)CC(O)CCO1. The molecule has 0 saturated carbocycles. The van der Waals surface area contributed by atoms with Crippen molar-refractivity contribution >= 4 is 0 Å². The Hall–Kier alpha value is -0.120. The van der Waals surface area contributed by atoms with Gasteiger partial charge < -0.3 is 14.6 Å². The highest BCUT2D eigenvalue weighted by Gasteiger charge is 2.41. The minimum Gasteiger partial charge on any atom is -0.393 e. The van der Waals surface area contributed by atoms with E-state index < -0.39 is 0 Å². The highest BCUT2D eigenvalue weighted by atomic mass is 16.5. The Labute approximate surface area is 79.0 Å². The number of hydrogen-bond acceptors (Lipinski definition) is 3. The zero-order chi connectivity index (χ0) is 9.31. The van der Waals surface area contributed by atoms with Gasteiger partial charge in [0.1, 0.15) is 0 Å². The van der Waals surface area contributed by atoms with Crippen LogP contribution in [0.25, 0.3) is 0 Å². The van der Waals surface area contributed by atoms with Crippen molar-refractivity contribution in [3.63, 3.8) is 0 Å². The molecule has 0 amide bonds. The molecule has 0 aromatic carbocycles. The average Bonchev–Trinajstić information content (AvgIpc) is 2.55. The van der Waals surface area contributed by atoms with Crippen LogP contribution in [0.15, 0.2) is 0 Å². The summed E-state index contributed by atoms with van der Waals surface area (Å²) in [6.07, 6.45) is 2.44. The molecule has 13 heavy (non-hydrogen) atoms. The van der Waals surface area contributed by atoms with E-state index >= 15 is 0 Å². The molecule has 2 aliphatic rings. The molecule has 2 aliphatic heterocycles. The first-order chi connectivity index (χ1) is 6.21. The third-order valence-corrected chi connectivity index (χ3v) is 3.32. The fraction of sp³-hybridized carbons (Fsp3) is 1.00. The van der Waals surface area contributed by atoms with Crippen molar-refractivity contribution in [1.29, 1.82) is 0 Å². The molecule has 3 nitrogen and oxygen atoms in total. The predicted molar refractivity (Wildman–Crippen MR) is 48.5 cm³/mol. The van der Waals surface area contributed by atoms with E-state index in [0.717, 1.165) is 32.5 Å². The first-order valence-corrected chi connectivity index (χ1v) is 5.10. The van der Waals surface area contributed by atoms with Gasteiger partial charge in [0.2, 0.25) is 0 Å². The molecule has 3 atom stereocenters. The van der Waals surface area contributed by atoms with E-state index in [-0.39, 0.29) is 11.7 Å². The molecular formula is C10H18O3. The van der Waals surface area contributed by atoms with Gasteiger partial charge in [-0.1, -0.05) is 0 Å². The van der Waals surface area contributed by atoms with E-state index in [1.165, 1.54) is 0 Å². The van der Waals surface area contributed by atoms with Crippen LogP contribution in [0.1, 0.15) is 26.2 Å². The summed E-state index contributed by atoms with van der Waals surface area (Å²) in [5, 5.41) is 9.58. The Morgan fingerprint density at radius 2 is 2.15 bits per heavy atom. The van der Waals surface area contributed by atoms with Crippen molar-refractivity contribution in [2.45, 2.75) is 37.9 Å². The topological polar surface area (TPSA) is 38.7 Å². The van der Waals surface area contributed by atoms with Crippen LogP contribution in [-0.4, -0.2) is 36.6 Å². The van der Waals surface area contributed by atoms with Crippen LogP contribution >= 0.6 is 0 Å². The molecule has 3 heteroatoms. The Bertz CT molecular complexity index is 177. The van der Waals surface area contributed by atoms with Crippen LogP contribution in [0, 0.1) is 5.92 Å². The molecular weight excluding hydrogens is 168 g/mol. The molecule has 2 saturated heterocycles. The molecule has 1 N–H and O–H groups in total. The van der Waals surface area contributed by atoms with Gasteiger partial charge in [0.05, 0.1) is 18.3 Å². The summed E-state index contributed by atoms with van der Waals surface area (Å²) in [4.78, 5) is 0. The van der Waals surface area contributed by atoms with Crippen LogP contribution in [0.4, 0.5) is 0 Å². The zero-order valence-electron chi connectivity index (χ0n) is 8.16. The molecule has 0 aromatic rings. The molecule has 0 aliphatic carbocycles. The van der Waals surface area contributed by atoms with E-state index in [1.807, 2.05) is 0 Å². The van der Waals surface area contributed by atoms with E-state index in [4.69, 9.17) is 9.47 Å². The lowest BCUT2D eigenvalue weighted by atomic mass is 9.81. The standard InChI is InChI=1S/C10H18O3/c1-10(8-2-4-12-7-8)6-9(11)3-5-13-10/h8-9,11H,2-7H2,1H3. The summed E-state index contributed by atoms with van der Waals surface area (Å²) in [7, 11) is 0. The molecule has 2 rings (SSSR count). The summed E-state index contributed by atoms with van der Waals surface area (Å²) < 4.78 is 11.1. The van der Waals surface area contributed by atoms with Crippen molar-refractivity contribution in [2.24, 2.45) is 5.92 Å². The second-order valence-corrected chi connectivity index (χ2v) is 4.37. The third-order valence-electron chi connectivity index (χ3n) is 3.32. The Morgan fingerprint density at radius 3 is 2.77 bits per heavy atom. The number of aliphatic hydroxyl groups is 1. The van der Waals surface area contributed by atoms with Crippen molar-refractivity contribution in [3.8, 4) is 0 Å². The van der Waals surface area contributed by atoms with E-state index in [0.29, 0.717) is 12.5 Å². The monoisotopic (exact) mass is 186 g/mol. The average molecular weight is 186 g/mol. The lowest BCUT2D eigenvalue weighted by molar-refractivity contribution is -0.137. The van der Waals surface area contributed by atoms with Crippen LogP contribution in [0.2, 0.25) is 0 Å². The molecule has 0 bridgehead atoms. The van der Waals surface area contributed by atoms with Gasteiger partial charge in [0.25, 0.3) is 0 Å². The van der Waals surface area contributed by atoms with Gasteiger partial charge in [-0.2, -0.15) is 0 Å². The van der Waals surface area contributed by atoms with Crippen molar-refractivity contribution in [1.82, 2.24) is 0 Å². The largest absolute Gasteiger partial charge is 0.393 e. The number of hydrogen-bond donors (Lipinski definition) is 1. The molecule has 2 heterocycles. The predicted octanol–water partition coefficient (Wildman–Crippen LogP) is 0.953. The molecule has 0 radical (unpaired) electrons. The fourth-order valence-electron chi connectivity index (χ4n) is 2.36. The maximum atomic E-state index is 9.58. The summed E-state index contributed by atoms with van der Waals surface area (Å²) >= 11 is 0. The Balaban J connectivity index is 2.00. The van der Waals surface area contributed by atoms with Crippen molar-refractivity contribution in [2.75, 3.05) is 19.8 Å². The molecule has 76 valence electrons. The van der Waals surface area contributed by atoms with E-state index in [2.05, 4.69) is 6.92 Å². The van der Waals surface area contributed by atoms with E-state index in [9.17, 15) is 5.11 Å². The van der Waals surface area contributed by atoms with Gasteiger partial charge >= 0.3 is 0 Å². The first kappa shape index (κ1) is 9.44. The van der Waals surface area contributed by atoms with Gasteiger partial charge in [-0.15, -0.1) is 0 Å². The minimum atomic E-state index is -0.181. The molecule has 0 aromatic heterocycles. The summed E-state index contributed by atoms with van der Waals surface area (Å²) in [6.45, 7) is 4.44. The van der Waals surface area contributed by atoms with Crippen molar-refractivity contribution in [3.05, 3.63) is 0 Å². The van der Waals surface area contributed by atoms with Gasteiger partial charge in [0, 0.05) is 25.6 Å². The second kappa shape index (κ2) is 3.56. The van der Waals surface area contributed by atoms with Crippen LogP contribution in [0.5, 0.6) is 0 Å². The van der Waals surface area contributed by atoms with Gasteiger partial charge in [-0.25, -0.2) is 0 Å². The van der Waals surface area contributed by atoms with Crippen LogP contribution in [-0.2, 0) is 9.47 Å². The Kier molecular flexibility index (Phi) is 2.58. The number of ether oxygens (including phenoxy) is 2. The second-order valence-electron chi connectivity index (χ2n) is 4.37. The van der Waals surface area contributed by atoms with Crippen molar-refractivity contribution < 1.29 is 14.6 Å². The van der Waals surface area contributed by atoms with Crippen LogP contribution < -0.4 is 0 Å². The molecule has 3 unspecified atom stereocenters. The maximum Gasteiger partial charge on any atom is 0.0729 e. The van der Waals surface area contributed by atoms with Crippen LogP contribution in [0.3, 0.4) is 0 Å². The van der Waals surface area contributed by atoms with Gasteiger partial charge in [-0.05, 0) is 19.8 Å². The minimum absolute atomic E-state index is 0.145. The third kappa shape index (κ3) is 1.87. The summed E-state index contributed by atoms with van der Waals surface area (Å²) in [5.74, 6) is 0.474. The summed E-state index contributed by atoms with van der Waals surface area (Å²) in [5.41, 5.74) is -0.145. The smallest absolute Gasteiger partial charge is 0.0729 e. The van der Waals surface area contributed by atoms with E-state index in [1.54, 1.807) is 0 Å². The maximum absolute atomic E-state index is 9.58. The first-order valence-electron chi connectivity index (χ1n) is 5.10. The Morgan fingerprint density at radius 1 is 1.31 bits per heavy atom. The number of rotatable bonds is 1. The number of aliphatic hydroxyl groups excluding tert-OH is 1. The highest BCUT2D eigenvalue weighted by Crippen LogP contribution is 2.36. The summed E-state index contributed by atoms with van der Waals surface area (Å²) in [6, 6.07) is 0. The molecule has 0 spiro atoms. The fourth-order valence-corrected chi connectivity index (χ4v) is 2.36. The lowest BCUT2D eigenvalue weighted by Gasteiger charge is -2.40. The highest BCUT2D eigenvalue weighted by molar-refractivity contribution is 4.90. The molecule has 2 fully saturated rings. The van der Waals surface area contributed by atoms with Gasteiger partial charge in [-0.3, -0.25) is 0 Å². The normalized spacial score (nSPS) is 46.6. The quantitative estimate of drug-likeness (QED) is 0.662. The van der Waals surface area contributed by atoms with Gasteiger partial charge in [0.15, 0.2) is 0 Å². The zero-order valence-corrected chi connectivity index (χ0v) is 8.16. The lowest BCUT2D eigenvalue weighted by Crippen LogP contribution is -2.45.